The molecule has 0 radical (unpaired) electrons. The van der Waals surface area contributed by atoms with Gasteiger partial charge in [0.2, 0.25) is 8.03 Å². The lowest BCUT2D eigenvalue weighted by atomic mass is 9.94. The first-order chi connectivity index (χ1) is 7.01. The number of rotatable bonds is 4. The van der Waals surface area contributed by atoms with Crippen LogP contribution in [0, 0.1) is 5.41 Å². The monoisotopic (exact) mass is 251 g/mol. The molecule has 0 aromatic rings. The summed E-state index contributed by atoms with van der Waals surface area (Å²) in [6.07, 6.45) is 0. The van der Waals surface area contributed by atoms with Crippen molar-refractivity contribution in [3.63, 3.8) is 0 Å². The molecule has 1 N–H and O–H groups in total. The van der Waals surface area contributed by atoms with Crippen LogP contribution < -0.4 is 0 Å². The highest BCUT2D eigenvalue weighted by Gasteiger charge is 2.40. The van der Waals surface area contributed by atoms with Crippen LogP contribution in [0.4, 0.5) is 0 Å². The molecule has 4 nitrogen and oxygen atoms in total. The summed E-state index contributed by atoms with van der Waals surface area (Å²) >= 11 is 0. The Morgan fingerprint density at radius 1 is 1.25 bits per heavy atom. The van der Waals surface area contributed by atoms with E-state index in [0.717, 1.165) is 0 Å². The predicted octanol–water partition coefficient (Wildman–Crippen LogP) is 3.36. The van der Waals surface area contributed by atoms with Crippen LogP contribution in [-0.2, 0) is 9.09 Å². The summed E-state index contributed by atoms with van der Waals surface area (Å²) in [5.41, 5.74) is -0.747. The van der Waals surface area contributed by atoms with E-state index in [9.17, 15) is 9.77 Å². The highest BCUT2D eigenvalue weighted by Crippen LogP contribution is 2.44. The maximum absolute atomic E-state index is 12.0. The Morgan fingerprint density at radius 2 is 1.69 bits per heavy atom. The predicted molar refractivity (Wildman–Crippen MR) is 67.2 cm³/mol. The second kappa shape index (κ2) is 5.63. The van der Waals surface area contributed by atoms with Crippen LogP contribution in [0.25, 0.3) is 0 Å². The number of hydrogen-bond donors (Lipinski definition) is 1. The summed E-state index contributed by atoms with van der Waals surface area (Å²) in [5.74, 6) is -0.475. The molecule has 0 bridgehead atoms. The van der Waals surface area contributed by atoms with Gasteiger partial charge in [-0.1, -0.05) is 20.8 Å². The summed E-state index contributed by atoms with van der Waals surface area (Å²) in [4.78, 5) is 0. The molecule has 0 spiro atoms. The zero-order valence-corrected chi connectivity index (χ0v) is 12.5. The van der Waals surface area contributed by atoms with Crippen molar-refractivity contribution in [2.75, 3.05) is 6.61 Å². The first-order valence-electron chi connectivity index (χ1n) is 5.66. The van der Waals surface area contributed by atoms with Gasteiger partial charge in [0.1, 0.15) is 5.78 Å². The molecular weight excluding hydrogens is 225 g/mol. The lowest BCUT2D eigenvalue weighted by molar-refractivity contribution is -0.187. The zero-order valence-electron chi connectivity index (χ0n) is 11.5. The van der Waals surface area contributed by atoms with Gasteiger partial charge in [0, 0.05) is 5.54 Å². The third-order valence-corrected chi connectivity index (χ3v) is 4.39. The Balaban J connectivity index is 5.04. The Bertz CT molecular complexity index is 243. The van der Waals surface area contributed by atoms with Crippen molar-refractivity contribution in [3.8, 4) is 0 Å². The molecule has 0 aliphatic carbocycles. The van der Waals surface area contributed by atoms with Crippen molar-refractivity contribution in [3.05, 3.63) is 0 Å². The zero-order chi connectivity index (χ0) is 13.1. The molecule has 2 atom stereocenters. The Kier molecular flexibility index (Phi) is 5.67. The molecule has 0 aliphatic rings. The third kappa shape index (κ3) is 4.54. The number of hydrogen-bond acceptors (Lipinski definition) is 4. The van der Waals surface area contributed by atoms with Gasteiger partial charge in [0.15, 0.2) is 0 Å². The summed E-state index contributed by atoms with van der Waals surface area (Å²) in [5, 5.41) is 11.3. The van der Waals surface area contributed by atoms with E-state index >= 15 is 0 Å². The molecule has 0 heterocycles. The molecule has 0 aromatic heterocycles. The van der Waals surface area contributed by atoms with Crippen LogP contribution in [0.15, 0.2) is 0 Å². The first kappa shape index (κ1) is 16.1. The van der Waals surface area contributed by atoms with Crippen molar-refractivity contribution >= 4 is 8.03 Å². The van der Waals surface area contributed by atoms with Gasteiger partial charge >= 0.3 is 0 Å². The SMILES string of the molecule is CCO[PH](=O)C(N(O)C(C)(C)C)C(C)(C)C. The van der Waals surface area contributed by atoms with E-state index in [4.69, 9.17) is 4.52 Å². The van der Waals surface area contributed by atoms with Gasteiger partial charge in [0.25, 0.3) is 0 Å². The van der Waals surface area contributed by atoms with Crippen molar-refractivity contribution in [1.82, 2.24) is 5.06 Å². The minimum atomic E-state index is -2.29. The number of hydroxylamine groups is 2. The largest absolute Gasteiger partial charge is 0.330 e. The smallest absolute Gasteiger partial charge is 0.211 e. The fourth-order valence-electron chi connectivity index (χ4n) is 1.43. The second-order valence-electron chi connectivity index (χ2n) is 6.04. The average molecular weight is 251 g/mol. The quantitative estimate of drug-likeness (QED) is 0.615. The second-order valence-corrected chi connectivity index (χ2v) is 7.51. The van der Waals surface area contributed by atoms with Crippen molar-refractivity contribution in [2.45, 2.75) is 59.8 Å². The van der Waals surface area contributed by atoms with Gasteiger partial charge in [0.05, 0.1) is 6.61 Å². The minimum Gasteiger partial charge on any atom is -0.330 e. The van der Waals surface area contributed by atoms with E-state index in [1.165, 1.54) is 5.06 Å². The number of nitrogens with zero attached hydrogens (tertiary/aromatic N) is 1. The molecule has 98 valence electrons. The maximum Gasteiger partial charge on any atom is 0.211 e. The van der Waals surface area contributed by atoms with E-state index in [2.05, 4.69) is 0 Å². The molecule has 16 heavy (non-hydrogen) atoms. The first-order valence-corrected chi connectivity index (χ1v) is 7.06. The van der Waals surface area contributed by atoms with E-state index in [0.29, 0.717) is 6.61 Å². The minimum absolute atomic E-state index is 0.298. The van der Waals surface area contributed by atoms with E-state index < -0.39 is 19.3 Å². The van der Waals surface area contributed by atoms with Crippen LogP contribution in [0.2, 0.25) is 0 Å². The van der Waals surface area contributed by atoms with E-state index in [1.54, 1.807) is 6.92 Å². The lowest BCUT2D eigenvalue weighted by Gasteiger charge is -2.41. The topological polar surface area (TPSA) is 49.8 Å². The molecule has 5 heteroatoms. The highest BCUT2D eigenvalue weighted by molar-refractivity contribution is 7.40. The van der Waals surface area contributed by atoms with Crippen molar-refractivity contribution < 1.29 is 14.3 Å². The molecule has 0 fully saturated rings. The van der Waals surface area contributed by atoms with Gasteiger partial charge < -0.3 is 9.73 Å². The van der Waals surface area contributed by atoms with Crippen LogP contribution in [0.3, 0.4) is 0 Å². The van der Waals surface area contributed by atoms with Crippen molar-refractivity contribution in [1.29, 1.82) is 0 Å². The van der Waals surface area contributed by atoms with E-state index in [1.807, 2.05) is 41.5 Å². The lowest BCUT2D eigenvalue weighted by Crippen LogP contribution is -2.49. The molecule has 0 rings (SSSR count). The van der Waals surface area contributed by atoms with Gasteiger partial charge in [-0.2, -0.15) is 5.06 Å². The fraction of sp³-hybridized carbons (Fsp3) is 1.00. The van der Waals surface area contributed by atoms with Gasteiger partial charge in [-0.05, 0) is 33.1 Å². The summed E-state index contributed by atoms with van der Waals surface area (Å²) in [7, 11) is -2.29. The van der Waals surface area contributed by atoms with Gasteiger partial charge in [-0.3, -0.25) is 4.57 Å². The van der Waals surface area contributed by atoms with Crippen LogP contribution >= 0.6 is 8.03 Å². The van der Waals surface area contributed by atoms with E-state index in [-0.39, 0.29) is 5.41 Å². The van der Waals surface area contributed by atoms with Crippen LogP contribution in [-0.4, -0.2) is 28.2 Å². The Hall–Kier alpha value is 0.110. The molecule has 0 saturated carbocycles. The van der Waals surface area contributed by atoms with Gasteiger partial charge in [-0.15, -0.1) is 0 Å². The normalized spacial score (nSPS) is 17.6. The standard InChI is InChI=1S/C11H26NO3P/c1-8-15-16(14)9(10(2,3)4)12(13)11(5,6)7/h9,13,16H,8H2,1-7H3. The molecule has 0 amide bonds. The highest BCUT2D eigenvalue weighted by atomic mass is 31.1. The molecule has 0 aromatic carbocycles. The summed E-state index contributed by atoms with van der Waals surface area (Å²) < 4.78 is 17.2. The third-order valence-electron chi connectivity index (χ3n) is 2.26. The molecule has 0 aliphatic heterocycles. The maximum atomic E-state index is 12.0. The molecular formula is C11H26NO3P. The Morgan fingerprint density at radius 3 is 1.94 bits per heavy atom. The van der Waals surface area contributed by atoms with Crippen molar-refractivity contribution in [2.24, 2.45) is 5.41 Å². The average Bonchev–Trinajstić information content (AvgIpc) is 1.99. The summed E-state index contributed by atoms with van der Waals surface area (Å²) in [6.45, 7) is 13.7. The Labute approximate surface area is 99.8 Å². The summed E-state index contributed by atoms with van der Waals surface area (Å²) in [6, 6.07) is 0. The van der Waals surface area contributed by atoms with Crippen LogP contribution in [0.1, 0.15) is 48.5 Å². The van der Waals surface area contributed by atoms with Crippen LogP contribution in [0.5, 0.6) is 0 Å². The fourth-order valence-corrected chi connectivity index (χ4v) is 3.17. The molecule has 0 saturated heterocycles. The molecule has 2 unspecified atom stereocenters. The van der Waals surface area contributed by atoms with Gasteiger partial charge in [-0.25, -0.2) is 0 Å².